The number of aromatic nitrogens is 4. The van der Waals surface area contributed by atoms with E-state index in [1.54, 1.807) is 18.3 Å². The fourth-order valence-corrected chi connectivity index (χ4v) is 2.52. The lowest BCUT2D eigenvalue weighted by Gasteiger charge is -2.10. The number of aryl methyl sites for hydroxylation is 2. The lowest BCUT2D eigenvalue weighted by Crippen LogP contribution is -2.09. The van der Waals surface area contributed by atoms with E-state index in [0.29, 0.717) is 5.82 Å². The molecule has 2 heterocycles. The first kappa shape index (κ1) is 17.5. The normalized spacial score (nSPS) is 10.7. The quantitative estimate of drug-likeness (QED) is 0.379. The largest absolute Gasteiger partial charge is 0.370 e. The third kappa shape index (κ3) is 4.41. The first-order chi connectivity index (χ1) is 12.7. The maximum atomic E-state index is 10.8. The van der Waals surface area contributed by atoms with Crippen molar-refractivity contribution in [2.24, 2.45) is 0 Å². The second kappa shape index (κ2) is 8.19. The number of rotatable bonds is 8. The Labute approximate surface area is 151 Å². The number of non-ortho nitro benzene ring substituents is 1. The van der Waals surface area contributed by atoms with Crippen molar-refractivity contribution in [3.63, 3.8) is 0 Å². The molecule has 0 saturated carbocycles. The molecule has 2 aromatic heterocycles. The van der Waals surface area contributed by atoms with E-state index in [2.05, 4.69) is 20.4 Å². The molecule has 0 unspecified atom stereocenters. The van der Waals surface area contributed by atoms with E-state index in [1.807, 2.05) is 29.9 Å². The second-order valence-electron chi connectivity index (χ2n) is 5.78. The minimum Gasteiger partial charge on any atom is -0.370 e. The molecule has 0 radical (unpaired) electrons. The Morgan fingerprint density at radius 2 is 2.04 bits per heavy atom. The molecule has 3 aromatic rings. The lowest BCUT2D eigenvalue weighted by molar-refractivity contribution is -0.384. The van der Waals surface area contributed by atoms with Gasteiger partial charge in [0.2, 0.25) is 0 Å². The second-order valence-corrected chi connectivity index (χ2v) is 5.78. The average molecular weight is 352 g/mol. The van der Waals surface area contributed by atoms with Gasteiger partial charge in [0.05, 0.1) is 4.92 Å². The molecule has 0 aliphatic heterocycles. The Morgan fingerprint density at radius 1 is 1.23 bits per heavy atom. The van der Waals surface area contributed by atoms with Crippen LogP contribution in [-0.2, 0) is 13.0 Å². The fraction of sp³-hybridized carbons (Fsp3) is 0.278. The van der Waals surface area contributed by atoms with E-state index in [0.717, 1.165) is 43.0 Å². The van der Waals surface area contributed by atoms with Gasteiger partial charge in [-0.05, 0) is 31.0 Å². The number of anilines is 1. The van der Waals surface area contributed by atoms with Gasteiger partial charge in [0.15, 0.2) is 5.82 Å². The van der Waals surface area contributed by atoms with Gasteiger partial charge in [-0.15, -0.1) is 0 Å². The third-order valence-corrected chi connectivity index (χ3v) is 3.91. The van der Waals surface area contributed by atoms with Gasteiger partial charge in [-0.1, -0.05) is 6.92 Å². The standard InChI is InChI=1S/C18H20N6O2/c1-2-15-13-17(19-9-3-11-23-12-4-10-20-23)22-18(21-15)14-5-7-16(8-6-14)24(25)26/h4-8,10,12-13H,2-3,9,11H2,1H3,(H,19,21,22). The van der Waals surface area contributed by atoms with E-state index in [-0.39, 0.29) is 5.69 Å². The van der Waals surface area contributed by atoms with Crippen LogP contribution < -0.4 is 5.32 Å². The van der Waals surface area contributed by atoms with Crippen molar-refractivity contribution < 1.29 is 4.92 Å². The van der Waals surface area contributed by atoms with Crippen molar-refractivity contribution in [2.45, 2.75) is 26.3 Å². The third-order valence-electron chi connectivity index (χ3n) is 3.91. The molecule has 0 bridgehead atoms. The summed E-state index contributed by atoms with van der Waals surface area (Å²) >= 11 is 0. The van der Waals surface area contributed by atoms with Crippen LogP contribution in [0.5, 0.6) is 0 Å². The molecule has 0 aliphatic carbocycles. The summed E-state index contributed by atoms with van der Waals surface area (Å²) < 4.78 is 1.89. The number of benzene rings is 1. The molecule has 0 spiro atoms. The Morgan fingerprint density at radius 3 is 2.69 bits per heavy atom. The molecule has 0 atom stereocenters. The van der Waals surface area contributed by atoms with Crippen molar-refractivity contribution >= 4 is 11.5 Å². The maximum Gasteiger partial charge on any atom is 0.269 e. The van der Waals surface area contributed by atoms with E-state index >= 15 is 0 Å². The topological polar surface area (TPSA) is 98.8 Å². The van der Waals surface area contributed by atoms with E-state index in [4.69, 9.17) is 0 Å². The molecule has 8 nitrogen and oxygen atoms in total. The van der Waals surface area contributed by atoms with Gasteiger partial charge >= 0.3 is 0 Å². The Kier molecular flexibility index (Phi) is 5.52. The van der Waals surface area contributed by atoms with Gasteiger partial charge in [-0.2, -0.15) is 5.10 Å². The highest BCUT2D eigenvalue weighted by Gasteiger charge is 2.09. The van der Waals surface area contributed by atoms with E-state index < -0.39 is 4.92 Å². The summed E-state index contributed by atoms with van der Waals surface area (Å²) in [6, 6.07) is 10.1. The Hall–Kier alpha value is -3.29. The summed E-state index contributed by atoms with van der Waals surface area (Å²) in [5, 5.41) is 18.3. The Balaban J connectivity index is 1.70. The summed E-state index contributed by atoms with van der Waals surface area (Å²) in [6.07, 6.45) is 5.40. The summed E-state index contributed by atoms with van der Waals surface area (Å²) in [5.41, 5.74) is 1.73. The molecule has 0 aliphatic rings. The first-order valence-corrected chi connectivity index (χ1v) is 8.50. The highest BCUT2D eigenvalue weighted by Crippen LogP contribution is 2.21. The van der Waals surface area contributed by atoms with E-state index in [1.165, 1.54) is 12.1 Å². The molecular formula is C18H20N6O2. The molecule has 0 fully saturated rings. The molecule has 3 rings (SSSR count). The SMILES string of the molecule is CCc1cc(NCCCn2cccn2)nc(-c2ccc([N+](=O)[O-])cc2)n1. The molecule has 26 heavy (non-hydrogen) atoms. The average Bonchev–Trinajstić information content (AvgIpc) is 3.18. The number of nitro benzene ring substituents is 1. The summed E-state index contributed by atoms with van der Waals surface area (Å²) in [4.78, 5) is 19.5. The van der Waals surface area contributed by atoms with Crippen LogP contribution in [0.1, 0.15) is 19.0 Å². The van der Waals surface area contributed by atoms with Gasteiger partial charge in [0.25, 0.3) is 5.69 Å². The molecule has 0 saturated heterocycles. The molecule has 0 amide bonds. The number of nitrogens with one attached hydrogen (secondary N) is 1. The van der Waals surface area contributed by atoms with Crippen molar-refractivity contribution in [1.29, 1.82) is 0 Å². The van der Waals surface area contributed by atoms with Gasteiger partial charge < -0.3 is 5.32 Å². The van der Waals surface area contributed by atoms with Crippen LogP contribution in [0.3, 0.4) is 0 Å². The van der Waals surface area contributed by atoms with E-state index in [9.17, 15) is 10.1 Å². The molecule has 1 aromatic carbocycles. The van der Waals surface area contributed by atoms with Crippen LogP contribution in [0.15, 0.2) is 48.8 Å². The van der Waals surface area contributed by atoms with Crippen molar-refractivity contribution in [1.82, 2.24) is 19.7 Å². The van der Waals surface area contributed by atoms with Crippen LogP contribution in [-0.4, -0.2) is 31.2 Å². The van der Waals surface area contributed by atoms with Gasteiger partial charge in [0.1, 0.15) is 5.82 Å². The Bertz CT molecular complexity index is 862. The van der Waals surface area contributed by atoms with Crippen LogP contribution in [0.4, 0.5) is 11.5 Å². The monoisotopic (exact) mass is 352 g/mol. The van der Waals surface area contributed by atoms with Crippen LogP contribution in [0.2, 0.25) is 0 Å². The highest BCUT2D eigenvalue weighted by molar-refractivity contribution is 5.59. The summed E-state index contributed by atoms with van der Waals surface area (Å²) in [7, 11) is 0. The number of nitro groups is 1. The predicted octanol–water partition coefficient (Wildman–Crippen LogP) is 3.31. The van der Waals surface area contributed by atoms with Crippen LogP contribution in [0, 0.1) is 10.1 Å². The summed E-state index contributed by atoms with van der Waals surface area (Å²) in [5.74, 6) is 1.32. The minimum absolute atomic E-state index is 0.0531. The van der Waals surface area contributed by atoms with Crippen molar-refractivity contribution in [3.05, 3.63) is 64.6 Å². The van der Waals surface area contributed by atoms with Crippen molar-refractivity contribution in [3.8, 4) is 11.4 Å². The predicted molar refractivity (Wildman–Crippen MR) is 98.8 cm³/mol. The molecule has 8 heteroatoms. The molecule has 1 N–H and O–H groups in total. The zero-order valence-corrected chi connectivity index (χ0v) is 14.5. The van der Waals surface area contributed by atoms with Crippen LogP contribution >= 0.6 is 0 Å². The summed E-state index contributed by atoms with van der Waals surface area (Å²) in [6.45, 7) is 3.63. The zero-order chi connectivity index (χ0) is 18.4. The first-order valence-electron chi connectivity index (χ1n) is 8.50. The lowest BCUT2D eigenvalue weighted by atomic mass is 10.2. The number of hydrogen-bond donors (Lipinski definition) is 1. The molecular weight excluding hydrogens is 332 g/mol. The van der Waals surface area contributed by atoms with Crippen LogP contribution in [0.25, 0.3) is 11.4 Å². The highest BCUT2D eigenvalue weighted by atomic mass is 16.6. The molecule has 134 valence electrons. The number of hydrogen-bond acceptors (Lipinski definition) is 6. The smallest absolute Gasteiger partial charge is 0.269 e. The fourth-order valence-electron chi connectivity index (χ4n) is 2.52. The minimum atomic E-state index is -0.417. The zero-order valence-electron chi connectivity index (χ0n) is 14.5. The van der Waals surface area contributed by atoms with Crippen molar-refractivity contribution in [2.75, 3.05) is 11.9 Å². The number of nitrogens with zero attached hydrogens (tertiary/aromatic N) is 5. The van der Waals surface area contributed by atoms with Gasteiger partial charge in [0, 0.05) is 54.9 Å². The van der Waals surface area contributed by atoms with Gasteiger partial charge in [-0.3, -0.25) is 14.8 Å². The maximum absolute atomic E-state index is 10.8. The van der Waals surface area contributed by atoms with Gasteiger partial charge in [-0.25, -0.2) is 9.97 Å².